The molecule has 0 unspecified atom stereocenters. The third-order valence-corrected chi connectivity index (χ3v) is 5.47. The molecule has 0 aliphatic heterocycles. The minimum Gasteiger partial charge on any atom is -0.493 e. The Bertz CT molecular complexity index is 1160. The van der Waals surface area contributed by atoms with Crippen LogP contribution in [0.5, 0.6) is 11.5 Å². The van der Waals surface area contributed by atoms with Gasteiger partial charge in [0.15, 0.2) is 0 Å². The molecular weight excluding hydrogens is 412 g/mol. The molecule has 2 N–H and O–H groups in total. The summed E-state index contributed by atoms with van der Waals surface area (Å²) in [4.78, 5) is 4.44. The number of aryl methyl sites for hydroxylation is 2. The second-order valence-corrected chi connectivity index (χ2v) is 7.72. The first kappa shape index (κ1) is 21.2. The number of nitrogens with zero attached hydrogens (tertiary/aromatic N) is 1. The molecule has 6 heteroatoms. The third-order valence-electron chi connectivity index (χ3n) is 5.22. The molecule has 2 aromatic carbocycles. The van der Waals surface area contributed by atoms with Crippen molar-refractivity contribution in [3.8, 4) is 11.5 Å². The van der Waals surface area contributed by atoms with Crippen molar-refractivity contribution < 1.29 is 13.9 Å². The summed E-state index contributed by atoms with van der Waals surface area (Å²) < 4.78 is 18.0. The molecule has 160 valence electrons. The average Bonchev–Trinajstić information content (AvgIpc) is 3.13. The zero-order valence-electron chi connectivity index (χ0n) is 17.4. The predicted octanol–water partition coefficient (Wildman–Crippen LogP) is 5.84. The molecule has 0 atom stereocenters. The van der Waals surface area contributed by atoms with Crippen molar-refractivity contribution in [2.45, 2.75) is 32.9 Å². The Hall–Kier alpha value is -3.02. The highest BCUT2D eigenvalue weighted by Crippen LogP contribution is 2.34. The second kappa shape index (κ2) is 9.86. The Morgan fingerprint density at radius 1 is 1.03 bits per heavy atom. The van der Waals surface area contributed by atoms with Gasteiger partial charge in [0.05, 0.1) is 12.0 Å². The van der Waals surface area contributed by atoms with Gasteiger partial charge in [-0.25, -0.2) is 0 Å². The van der Waals surface area contributed by atoms with Crippen molar-refractivity contribution in [3.63, 3.8) is 0 Å². The van der Waals surface area contributed by atoms with Crippen LogP contribution >= 0.6 is 11.6 Å². The molecule has 2 aromatic heterocycles. The fourth-order valence-electron chi connectivity index (χ4n) is 3.56. The summed E-state index contributed by atoms with van der Waals surface area (Å²) >= 11 is 5.93. The van der Waals surface area contributed by atoms with Crippen LogP contribution in [0.2, 0.25) is 5.02 Å². The average molecular weight is 437 g/mol. The van der Waals surface area contributed by atoms with Gasteiger partial charge >= 0.3 is 0 Å². The van der Waals surface area contributed by atoms with Gasteiger partial charge in [0, 0.05) is 29.0 Å². The molecular formula is C25H25ClN2O3. The van der Waals surface area contributed by atoms with E-state index in [1.54, 1.807) is 18.3 Å². The summed E-state index contributed by atoms with van der Waals surface area (Å²) in [6.07, 6.45) is 3.48. The number of fused-ring (bicyclic) bond motifs is 1. The zero-order valence-corrected chi connectivity index (χ0v) is 18.2. The van der Waals surface area contributed by atoms with Gasteiger partial charge in [-0.15, -0.1) is 0 Å². The maximum absolute atomic E-state index is 6.11. The first-order valence-electron chi connectivity index (χ1n) is 10.3. The van der Waals surface area contributed by atoms with Gasteiger partial charge in [-0.1, -0.05) is 23.7 Å². The van der Waals surface area contributed by atoms with E-state index in [0.29, 0.717) is 24.8 Å². The number of furan rings is 1. The molecule has 0 aliphatic carbocycles. The van der Waals surface area contributed by atoms with Crippen molar-refractivity contribution in [3.05, 3.63) is 88.4 Å². The van der Waals surface area contributed by atoms with Crippen LogP contribution in [0, 0.1) is 6.92 Å². The van der Waals surface area contributed by atoms with E-state index in [1.807, 2.05) is 49.4 Å². The van der Waals surface area contributed by atoms with Gasteiger partial charge in [-0.3, -0.25) is 4.98 Å². The number of aromatic nitrogens is 1. The van der Waals surface area contributed by atoms with Gasteiger partial charge in [0.1, 0.15) is 29.4 Å². The highest BCUT2D eigenvalue weighted by molar-refractivity contribution is 6.30. The molecule has 31 heavy (non-hydrogen) atoms. The smallest absolute Gasteiger partial charge is 0.146 e. The number of hydrogen-bond acceptors (Lipinski definition) is 5. The molecule has 2 heterocycles. The van der Waals surface area contributed by atoms with Crippen molar-refractivity contribution >= 4 is 22.6 Å². The number of pyridine rings is 1. The quantitative estimate of drug-likeness (QED) is 0.334. The lowest BCUT2D eigenvalue weighted by atomic mass is 10.1. The van der Waals surface area contributed by atoms with Gasteiger partial charge in [0.25, 0.3) is 0 Å². The van der Waals surface area contributed by atoms with E-state index >= 15 is 0 Å². The Morgan fingerprint density at radius 3 is 2.68 bits per heavy atom. The summed E-state index contributed by atoms with van der Waals surface area (Å²) in [6.45, 7) is 3.45. The highest BCUT2D eigenvalue weighted by atomic mass is 35.5. The van der Waals surface area contributed by atoms with Crippen LogP contribution in [0.4, 0.5) is 0 Å². The number of ether oxygens (including phenoxy) is 2. The zero-order chi connectivity index (χ0) is 21.6. The Labute approximate surface area is 186 Å². The van der Waals surface area contributed by atoms with Crippen molar-refractivity contribution in [2.75, 3.05) is 6.61 Å². The van der Waals surface area contributed by atoms with Crippen LogP contribution in [0.3, 0.4) is 0 Å². The van der Waals surface area contributed by atoms with Gasteiger partial charge in [0.2, 0.25) is 0 Å². The van der Waals surface area contributed by atoms with E-state index < -0.39 is 0 Å². The molecule has 4 rings (SSSR count). The fraction of sp³-hybridized carbons (Fsp3) is 0.240. The second-order valence-electron chi connectivity index (χ2n) is 7.29. The van der Waals surface area contributed by atoms with E-state index in [9.17, 15) is 0 Å². The molecule has 0 spiro atoms. The summed E-state index contributed by atoms with van der Waals surface area (Å²) in [5, 5.41) is 1.66. The Balaban J connectivity index is 1.42. The molecule has 4 aromatic rings. The normalized spacial score (nSPS) is 11.1. The monoisotopic (exact) mass is 436 g/mol. The third kappa shape index (κ3) is 5.01. The standard InChI is InChI=1S/C25H25ClN2O3/c1-17-24(16-30-20-11-9-19(26)10-12-20)31-23-8-2-7-22(25(17)23)29-14-4-6-21-18(15-27)5-3-13-28-21/h2-3,5,7-13H,4,6,14-16,27H2,1H3. The van der Waals surface area contributed by atoms with Crippen LogP contribution in [-0.4, -0.2) is 11.6 Å². The van der Waals surface area contributed by atoms with Crippen molar-refractivity contribution in [1.82, 2.24) is 4.98 Å². The van der Waals surface area contributed by atoms with Crippen LogP contribution in [0.1, 0.15) is 29.0 Å². The predicted molar refractivity (Wildman–Crippen MR) is 123 cm³/mol. The van der Waals surface area contributed by atoms with Crippen LogP contribution in [0.25, 0.3) is 11.0 Å². The van der Waals surface area contributed by atoms with Gasteiger partial charge in [-0.05, 0) is 67.8 Å². The molecule has 0 bridgehead atoms. The number of halogens is 1. The summed E-state index contributed by atoms with van der Waals surface area (Å²) in [6, 6.07) is 17.1. The first-order valence-corrected chi connectivity index (χ1v) is 10.7. The molecule has 0 amide bonds. The van der Waals surface area contributed by atoms with E-state index in [2.05, 4.69) is 4.98 Å². The lowest BCUT2D eigenvalue weighted by Gasteiger charge is -2.09. The first-order chi connectivity index (χ1) is 15.2. The van der Waals surface area contributed by atoms with E-state index in [4.69, 9.17) is 31.2 Å². The molecule has 0 radical (unpaired) electrons. The molecule has 0 saturated carbocycles. The summed E-state index contributed by atoms with van der Waals surface area (Å²) in [7, 11) is 0. The SMILES string of the molecule is Cc1c(COc2ccc(Cl)cc2)oc2cccc(OCCCc3ncccc3CN)c12. The van der Waals surface area contributed by atoms with Gasteiger partial charge in [-0.2, -0.15) is 0 Å². The Kier molecular flexibility index (Phi) is 6.75. The Morgan fingerprint density at radius 2 is 1.87 bits per heavy atom. The van der Waals surface area contributed by atoms with E-state index in [0.717, 1.165) is 57.9 Å². The van der Waals surface area contributed by atoms with E-state index in [-0.39, 0.29) is 0 Å². The number of hydrogen-bond donors (Lipinski definition) is 1. The lowest BCUT2D eigenvalue weighted by molar-refractivity contribution is 0.273. The number of rotatable bonds is 9. The topological polar surface area (TPSA) is 70.5 Å². The summed E-state index contributed by atoms with van der Waals surface area (Å²) in [5.41, 5.74) is 9.73. The van der Waals surface area contributed by atoms with Crippen molar-refractivity contribution in [1.29, 1.82) is 0 Å². The molecule has 0 aliphatic rings. The molecule has 0 fully saturated rings. The maximum Gasteiger partial charge on any atom is 0.146 e. The number of benzene rings is 2. The van der Waals surface area contributed by atoms with Gasteiger partial charge < -0.3 is 19.6 Å². The largest absolute Gasteiger partial charge is 0.493 e. The maximum atomic E-state index is 6.11. The van der Waals surface area contributed by atoms with Crippen LogP contribution in [0.15, 0.2) is 65.2 Å². The minimum atomic E-state index is 0.336. The number of nitrogens with two attached hydrogens (primary N) is 1. The fourth-order valence-corrected chi connectivity index (χ4v) is 3.68. The molecule has 0 saturated heterocycles. The van der Waals surface area contributed by atoms with Crippen molar-refractivity contribution in [2.24, 2.45) is 5.73 Å². The van der Waals surface area contributed by atoms with E-state index in [1.165, 1.54) is 0 Å². The minimum absolute atomic E-state index is 0.336. The summed E-state index contributed by atoms with van der Waals surface area (Å²) in [5.74, 6) is 2.34. The lowest BCUT2D eigenvalue weighted by Crippen LogP contribution is -2.06. The highest BCUT2D eigenvalue weighted by Gasteiger charge is 2.15. The van der Waals surface area contributed by atoms with Crippen LogP contribution in [-0.2, 0) is 19.6 Å². The molecule has 5 nitrogen and oxygen atoms in total. The van der Waals surface area contributed by atoms with Crippen LogP contribution < -0.4 is 15.2 Å².